The Kier molecular flexibility index (Phi) is 5.11. The molecule has 20 heavy (non-hydrogen) atoms. The lowest BCUT2D eigenvalue weighted by molar-refractivity contribution is -0.144. The van der Waals surface area contributed by atoms with Crippen molar-refractivity contribution in [2.75, 3.05) is 7.05 Å². The summed E-state index contributed by atoms with van der Waals surface area (Å²) in [5, 5.41) is 0. The smallest absolute Gasteiger partial charge is 0.228 e. The largest absolute Gasteiger partial charge is 0.341 e. The zero-order valence-corrected chi connectivity index (χ0v) is 13.5. The fourth-order valence-corrected chi connectivity index (χ4v) is 4.48. The third-order valence-electron chi connectivity index (χ3n) is 5.41. The van der Waals surface area contributed by atoms with Crippen molar-refractivity contribution in [2.24, 2.45) is 17.1 Å². The van der Waals surface area contributed by atoms with Gasteiger partial charge in [0, 0.05) is 24.5 Å². The zero-order valence-electron chi connectivity index (χ0n) is 13.5. The van der Waals surface area contributed by atoms with Crippen molar-refractivity contribution in [3.63, 3.8) is 0 Å². The lowest BCUT2D eigenvalue weighted by Gasteiger charge is -2.41. The normalized spacial score (nSPS) is 29.6. The number of rotatable bonds is 4. The molecule has 2 fully saturated rings. The molecule has 0 heterocycles. The average Bonchev–Trinajstić information content (AvgIpc) is 2.86. The number of nitrogens with zero attached hydrogens (tertiary/aromatic N) is 1. The van der Waals surface area contributed by atoms with Gasteiger partial charge in [0.25, 0.3) is 0 Å². The van der Waals surface area contributed by atoms with Crippen LogP contribution in [0.4, 0.5) is 0 Å². The standard InChI is InChI=1S/C17H32N2O/c1-13(2)12-17(10-6-7-11-17)16(20)19(3)15-9-5-4-8-14(15)18/h13-15H,4-12,18H2,1-3H3. The van der Waals surface area contributed by atoms with Crippen LogP contribution in [0, 0.1) is 11.3 Å². The third-order valence-corrected chi connectivity index (χ3v) is 5.41. The van der Waals surface area contributed by atoms with Crippen LogP contribution in [0.5, 0.6) is 0 Å². The molecule has 2 aliphatic rings. The van der Waals surface area contributed by atoms with Crippen molar-refractivity contribution in [1.82, 2.24) is 4.90 Å². The molecule has 0 aromatic heterocycles. The molecule has 2 unspecified atom stereocenters. The van der Waals surface area contributed by atoms with Crippen LogP contribution in [-0.4, -0.2) is 29.9 Å². The summed E-state index contributed by atoms with van der Waals surface area (Å²) in [5.41, 5.74) is 6.18. The number of carbonyl (C=O) groups excluding carboxylic acids is 1. The van der Waals surface area contributed by atoms with Crippen LogP contribution in [0.25, 0.3) is 0 Å². The van der Waals surface area contributed by atoms with Crippen LogP contribution >= 0.6 is 0 Å². The molecular weight excluding hydrogens is 248 g/mol. The minimum atomic E-state index is -0.0833. The highest BCUT2D eigenvalue weighted by Gasteiger charge is 2.44. The summed E-state index contributed by atoms with van der Waals surface area (Å²) < 4.78 is 0. The van der Waals surface area contributed by atoms with Gasteiger partial charge in [0.15, 0.2) is 0 Å². The zero-order chi connectivity index (χ0) is 14.8. The van der Waals surface area contributed by atoms with Gasteiger partial charge < -0.3 is 10.6 Å². The quantitative estimate of drug-likeness (QED) is 0.858. The predicted molar refractivity (Wildman–Crippen MR) is 83.4 cm³/mol. The minimum absolute atomic E-state index is 0.0833. The van der Waals surface area contributed by atoms with Gasteiger partial charge in [0.05, 0.1) is 0 Å². The van der Waals surface area contributed by atoms with E-state index in [1.54, 1.807) is 0 Å². The van der Waals surface area contributed by atoms with Gasteiger partial charge in [-0.05, 0) is 38.0 Å². The summed E-state index contributed by atoms with van der Waals surface area (Å²) in [6, 6.07) is 0.441. The van der Waals surface area contributed by atoms with E-state index in [0.717, 1.165) is 32.1 Å². The van der Waals surface area contributed by atoms with Crippen molar-refractivity contribution in [2.45, 2.75) is 83.7 Å². The summed E-state index contributed by atoms with van der Waals surface area (Å²) in [6.07, 6.45) is 10.2. The molecule has 116 valence electrons. The van der Waals surface area contributed by atoms with E-state index < -0.39 is 0 Å². The summed E-state index contributed by atoms with van der Waals surface area (Å²) in [7, 11) is 2.00. The Morgan fingerprint density at radius 3 is 2.35 bits per heavy atom. The highest BCUT2D eigenvalue weighted by Crippen LogP contribution is 2.45. The van der Waals surface area contributed by atoms with Gasteiger partial charge in [-0.1, -0.05) is 39.5 Å². The fourth-order valence-electron chi connectivity index (χ4n) is 4.48. The van der Waals surface area contributed by atoms with E-state index in [1.807, 2.05) is 11.9 Å². The van der Waals surface area contributed by atoms with Gasteiger partial charge in [-0.3, -0.25) is 4.79 Å². The SMILES string of the molecule is CC(C)CC1(C(=O)N(C)C2CCCCC2N)CCCC1. The van der Waals surface area contributed by atoms with Gasteiger partial charge >= 0.3 is 0 Å². The van der Waals surface area contributed by atoms with Crippen molar-refractivity contribution < 1.29 is 4.79 Å². The average molecular weight is 280 g/mol. The van der Waals surface area contributed by atoms with Gasteiger partial charge in [0.2, 0.25) is 5.91 Å². The topological polar surface area (TPSA) is 46.3 Å². The Balaban J connectivity index is 2.10. The lowest BCUT2D eigenvalue weighted by atomic mass is 9.76. The molecule has 0 aromatic rings. The van der Waals surface area contributed by atoms with Gasteiger partial charge in [0.1, 0.15) is 0 Å². The third kappa shape index (κ3) is 3.19. The lowest BCUT2D eigenvalue weighted by Crippen LogP contribution is -2.54. The molecule has 0 aliphatic heterocycles. The molecule has 1 amide bonds. The number of amides is 1. The predicted octanol–water partition coefficient (Wildman–Crippen LogP) is 3.32. The number of hydrogen-bond donors (Lipinski definition) is 1. The van der Waals surface area contributed by atoms with Gasteiger partial charge in [-0.25, -0.2) is 0 Å². The molecule has 2 saturated carbocycles. The number of carbonyl (C=O) groups is 1. The maximum atomic E-state index is 13.1. The highest BCUT2D eigenvalue weighted by molar-refractivity contribution is 5.83. The molecule has 0 bridgehead atoms. The molecule has 2 N–H and O–H groups in total. The van der Waals surface area contributed by atoms with Crippen LogP contribution < -0.4 is 5.73 Å². The van der Waals surface area contributed by atoms with E-state index in [9.17, 15) is 4.79 Å². The van der Waals surface area contributed by atoms with Crippen LogP contribution in [0.3, 0.4) is 0 Å². The van der Waals surface area contributed by atoms with E-state index in [-0.39, 0.29) is 17.5 Å². The van der Waals surface area contributed by atoms with E-state index in [1.165, 1.54) is 25.7 Å². The molecule has 3 heteroatoms. The molecule has 0 aromatic carbocycles. The maximum Gasteiger partial charge on any atom is 0.228 e. The van der Waals surface area contributed by atoms with Crippen molar-refractivity contribution >= 4 is 5.91 Å². The molecule has 0 saturated heterocycles. The first-order valence-corrected chi connectivity index (χ1v) is 8.49. The Bertz CT molecular complexity index is 334. The number of nitrogens with two attached hydrogens (primary N) is 1. The maximum absolute atomic E-state index is 13.1. The van der Waals surface area contributed by atoms with Crippen LogP contribution in [0.15, 0.2) is 0 Å². The molecular formula is C17H32N2O. The molecule has 2 rings (SSSR count). The minimum Gasteiger partial charge on any atom is -0.341 e. The molecule has 3 nitrogen and oxygen atoms in total. The molecule has 2 aliphatic carbocycles. The number of likely N-dealkylation sites (N-methyl/N-ethyl adjacent to an activating group) is 1. The highest BCUT2D eigenvalue weighted by atomic mass is 16.2. The first kappa shape index (κ1) is 15.8. The van der Waals surface area contributed by atoms with E-state index in [0.29, 0.717) is 11.8 Å². The Labute approximate surface area is 124 Å². The number of hydrogen-bond acceptors (Lipinski definition) is 2. The second-order valence-corrected chi connectivity index (χ2v) is 7.52. The molecule has 0 radical (unpaired) electrons. The summed E-state index contributed by atoms with van der Waals surface area (Å²) in [4.78, 5) is 15.1. The Morgan fingerprint density at radius 2 is 1.80 bits per heavy atom. The fraction of sp³-hybridized carbons (Fsp3) is 0.941. The second-order valence-electron chi connectivity index (χ2n) is 7.52. The monoisotopic (exact) mass is 280 g/mol. The van der Waals surface area contributed by atoms with Crippen molar-refractivity contribution in [1.29, 1.82) is 0 Å². The van der Waals surface area contributed by atoms with Gasteiger partial charge in [-0.15, -0.1) is 0 Å². The summed E-state index contributed by atoms with van der Waals surface area (Å²) >= 11 is 0. The Morgan fingerprint density at radius 1 is 1.20 bits per heavy atom. The first-order chi connectivity index (χ1) is 9.46. The first-order valence-electron chi connectivity index (χ1n) is 8.49. The van der Waals surface area contributed by atoms with Crippen LogP contribution in [0.1, 0.15) is 71.6 Å². The molecule has 2 atom stereocenters. The van der Waals surface area contributed by atoms with E-state index in [4.69, 9.17) is 5.73 Å². The van der Waals surface area contributed by atoms with E-state index in [2.05, 4.69) is 13.8 Å². The second kappa shape index (κ2) is 6.46. The molecule has 0 spiro atoms. The van der Waals surface area contributed by atoms with E-state index >= 15 is 0 Å². The summed E-state index contributed by atoms with van der Waals surface area (Å²) in [5.74, 6) is 0.969. The summed E-state index contributed by atoms with van der Waals surface area (Å²) in [6.45, 7) is 4.47. The van der Waals surface area contributed by atoms with Crippen molar-refractivity contribution in [3.05, 3.63) is 0 Å². The van der Waals surface area contributed by atoms with Crippen LogP contribution in [0.2, 0.25) is 0 Å². The van der Waals surface area contributed by atoms with Crippen molar-refractivity contribution in [3.8, 4) is 0 Å². The van der Waals surface area contributed by atoms with Gasteiger partial charge in [-0.2, -0.15) is 0 Å². The Hall–Kier alpha value is -0.570. The van der Waals surface area contributed by atoms with Crippen LogP contribution in [-0.2, 0) is 4.79 Å².